The smallest absolute Gasteiger partial charge is 0.299 e. The fraction of sp³-hybridized carbons (Fsp3) is 0.167. The Labute approximate surface area is 164 Å². The van der Waals surface area contributed by atoms with Crippen molar-refractivity contribution in [3.05, 3.63) is 83.9 Å². The number of Topliss-reactive ketones (excluding diaryl/α,β-unsaturated/α-hetero) is 1. The van der Waals surface area contributed by atoms with Crippen molar-refractivity contribution in [1.29, 1.82) is 0 Å². The number of amides is 1. The molecule has 0 saturated heterocycles. The fourth-order valence-corrected chi connectivity index (χ4v) is 3.35. The summed E-state index contributed by atoms with van der Waals surface area (Å²) in [5.74, 6) is -0.0244. The Morgan fingerprint density at radius 1 is 0.821 bits per heavy atom. The summed E-state index contributed by atoms with van der Waals surface area (Å²) in [4.78, 5) is 26.0. The van der Waals surface area contributed by atoms with Gasteiger partial charge in [0.15, 0.2) is 0 Å². The van der Waals surface area contributed by atoms with Gasteiger partial charge in [0, 0.05) is 0 Å². The van der Waals surface area contributed by atoms with Gasteiger partial charge in [-0.25, -0.2) is 0 Å². The molecule has 4 heteroatoms. The number of ether oxygens (including phenoxy) is 1. The van der Waals surface area contributed by atoms with Crippen molar-refractivity contribution in [2.24, 2.45) is 0 Å². The summed E-state index contributed by atoms with van der Waals surface area (Å²) in [6.45, 7) is 3.18. The van der Waals surface area contributed by atoms with Crippen LogP contribution in [-0.2, 0) is 11.3 Å². The van der Waals surface area contributed by atoms with Crippen molar-refractivity contribution in [1.82, 2.24) is 0 Å². The predicted molar refractivity (Wildman–Crippen MR) is 110 cm³/mol. The van der Waals surface area contributed by atoms with Crippen LogP contribution in [0.3, 0.4) is 0 Å². The van der Waals surface area contributed by atoms with Gasteiger partial charge in [0.25, 0.3) is 11.7 Å². The minimum absolute atomic E-state index is 0.381. The maximum atomic E-state index is 12.3. The van der Waals surface area contributed by atoms with E-state index in [0.717, 1.165) is 35.5 Å². The molecule has 1 aliphatic rings. The highest BCUT2D eigenvalue weighted by atomic mass is 16.5. The van der Waals surface area contributed by atoms with Crippen LogP contribution in [0.5, 0.6) is 5.75 Å². The van der Waals surface area contributed by atoms with E-state index in [1.165, 1.54) is 0 Å². The average Bonchev–Trinajstić information content (AvgIpc) is 2.98. The summed E-state index contributed by atoms with van der Waals surface area (Å²) in [5.41, 5.74) is 4.34. The SMILES string of the molecule is CCCOc1ccc(-c2ccc(CN3C(=O)C(=O)c4ccccc43)cc2)cc1. The lowest BCUT2D eigenvalue weighted by atomic mass is 10.0. The highest BCUT2D eigenvalue weighted by molar-refractivity contribution is 6.52. The molecular formula is C24H21NO3. The van der Waals surface area contributed by atoms with Crippen molar-refractivity contribution in [2.45, 2.75) is 19.9 Å². The first-order valence-corrected chi connectivity index (χ1v) is 9.45. The lowest BCUT2D eigenvalue weighted by Gasteiger charge is -2.16. The number of carbonyl (C=O) groups excluding carboxylic acids is 2. The Morgan fingerprint density at radius 2 is 1.46 bits per heavy atom. The first-order valence-electron chi connectivity index (χ1n) is 9.45. The highest BCUT2D eigenvalue weighted by Gasteiger charge is 2.35. The van der Waals surface area contributed by atoms with Crippen LogP contribution < -0.4 is 9.64 Å². The first kappa shape index (κ1) is 18.0. The van der Waals surface area contributed by atoms with Gasteiger partial charge in [-0.1, -0.05) is 55.5 Å². The number of para-hydroxylation sites is 1. The van der Waals surface area contributed by atoms with Crippen LogP contribution in [0.15, 0.2) is 72.8 Å². The summed E-state index contributed by atoms with van der Waals surface area (Å²) < 4.78 is 5.62. The maximum absolute atomic E-state index is 12.3. The van der Waals surface area contributed by atoms with E-state index in [9.17, 15) is 9.59 Å². The molecule has 0 spiro atoms. The van der Waals surface area contributed by atoms with Crippen LogP contribution in [0.2, 0.25) is 0 Å². The van der Waals surface area contributed by atoms with E-state index in [-0.39, 0.29) is 0 Å². The molecule has 1 aliphatic heterocycles. The van der Waals surface area contributed by atoms with Crippen LogP contribution in [0.4, 0.5) is 5.69 Å². The average molecular weight is 371 g/mol. The third kappa shape index (κ3) is 3.41. The Balaban J connectivity index is 1.50. The molecule has 4 rings (SSSR count). The largest absolute Gasteiger partial charge is 0.494 e. The van der Waals surface area contributed by atoms with Crippen LogP contribution in [0.1, 0.15) is 29.3 Å². The molecule has 4 nitrogen and oxygen atoms in total. The first-order chi connectivity index (χ1) is 13.7. The van der Waals surface area contributed by atoms with Crippen LogP contribution in [0.25, 0.3) is 11.1 Å². The van der Waals surface area contributed by atoms with Crippen molar-refractivity contribution in [2.75, 3.05) is 11.5 Å². The molecule has 0 radical (unpaired) electrons. The molecule has 28 heavy (non-hydrogen) atoms. The molecule has 1 amide bonds. The van der Waals surface area contributed by atoms with Gasteiger partial charge < -0.3 is 9.64 Å². The van der Waals surface area contributed by atoms with E-state index in [0.29, 0.717) is 17.8 Å². The molecule has 3 aromatic rings. The van der Waals surface area contributed by atoms with E-state index in [1.54, 1.807) is 17.0 Å². The van der Waals surface area contributed by atoms with E-state index in [4.69, 9.17) is 4.74 Å². The van der Waals surface area contributed by atoms with Crippen molar-refractivity contribution in [3.63, 3.8) is 0 Å². The number of anilines is 1. The van der Waals surface area contributed by atoms with Gasteiger partial charge in [-0.3, -0.25) is 9.59 Å². The number of hydrogen-bond donors (Lipinski definition) is 0. The Hall–Kier alpha value is -3.40. The molecule has 1 heterocycles. The molecule has 0 fully saturated rings. The monoisotopic (exact) mass is 371 g/mol. The van der Waals surface area contributed by atoms with Gasteiger partial charge in [0.1, 0.15) is 5.75 Å². The zero-order chi connectivity index (χ0) is 19.5. The number of rotatable bonds is 6. The zero-order valence-corrected chi connectivity index (χ0v) is 15.7. The van der Waals surface area contributed by atoms with Crippen molar-refractivity contribution in [3.8, 4) is 16.9 Å². The second-order valence-corrected chi connectivity index (χ2v) is 6.81. The standard InChI is InChI=1S/C24H21NO3/c1-2-15-28-20-13-11-19(12-14-20)18-9-7-17(8-10-18)16-25-22-6-4-3-5-21(22)23(26)24(25)27/h3-14H,2,15-16H2,1H3. The lowest BCUT2D eigenvalue weighted by molar-refractivity contribution is -0.114. The third-order valence-electron chi connectivity index (χ3n) is 4.83. The number of nitrogens with zero attached hydrogens (tertiary/aromatic N) is 1. The molecule has 0 saturated carbocycles. The van der Waals surface area contributed by atoms with E-state index in [1.807, 2.05) is 60.7 Å². The second kappa shape index (κ2) is 7.69. The molecule has 3 aromatic carbocycles. The summed E-state index contributed by atoms with van der Waals surface area (Å²) >= 11 is 0. The Morgan fingerprint density at radius 3 is 2.14 bits per heavy atom. The van der Waals surface area contributed by atoms with E-state index in [2.05, 4.69) is 6.92 Å². The fourth-order valence-electron chi connectivity index (χ4n) is 3.35. The second-order valence-electron chi connectivity index (χ2n) is 6.81. The molecule has 0 N–H and O–H groups in total. The quantitative estimate of drug-likeness (QED) is 0.581. The molecule has 140 valence electrons. The maximum Gasteiger partial charge on any atom is 0.299 e. The van der Waals surface area contributed by atoms with Crippen molar-refractivity contribution >= 4 is 17.4 Å². The van der Waals surface area contributed by atoms with Gasteiger partial charge in [-0.15, -0.1) is 0 Å². The Bertz CT molecular complexity index is 1010. The molecular weight excluding hydrogens is 350 g/mol. The van der Waals surface area contributed by atoms with E-state index < -0.39 is 11.7 Å². The predicted octanol–water partition coefficient (Wildman–Crippen LogP) is 4.87. The van der Waals surface area contributed by atoms with Gasteiger partial charge in [0.05, 0.1) is 24.4 Å². The normalized spacial score (nSPS) is 13.0. The van der Waals surface area contributed by atoms with Gasteiger partial charge in [-0.05, 0) is 47.4 Å². The van der Waals surface area contributed by atoms with Gasteiger partial charge in [-0.2, -0.15) is 0 Å². The summed E-state index contributed by atoms with van der Waals surface area (Å²) in [5, 5.41) is 0. The molecule has 0 bridgehead atoms. The number of fused-ring (bicyclic) bond motifs is 1. The lowest BCUT2D eigenvalue weighted by Crippen LogP contribution is -2.29. The summed E-state index contributed by atoms with van der Waals surface area (Å²) in [6.07, 6.45) is 0.985. The number of hydrogen-bond acceptors (Lipinski definition) is 3. The van der Waals surface area contributed by atoms with Gasteiger partial charge in [0.2, 0.25) is 0 Å². The number of ketones is 1. The molecule has 0 atom stereocenters. The number of carbonyl (C=O) groups is 2. The zero-order valence-electron chi connectivity index (χ0n) is 15.7. The topological polar surface area (TPSA) is 46.6 Å². The third-order valence-corrected chi connectivity index (χ3v) is 4.83. The van der Waals surface area contributed by atoms with Crippen molar-refractivity contribution < 1.29 is 14.3 Å². The van der Waals surface area contributed by atoms with Gasteiger partial charge >= 0.3 is 0 Å². The highest BCUT2D eigenvalue weighted by Crippen LogP contribution is 2.30. The van der Waals surface area contributed by atoms with Crippen LogP contribution >= 0.6 is 0 Å². The van der Waals surface area contributed by atoms with Crippen LogP contribution in [0, 0.1) is 0 Å². The Kier molecular flexibility index (Phi) is 4.94. The number of benzene rings is 3. The van der Waals surface area contributed by atoms with Crippen LogP contribution in [-0.4, -0.2) is 18.3 Å². The minimum Gasteiger partial charge on any atom is -0.494 e. The minimum atomic E-state index is -0.465. The van der Waals surface area contributed by atoms with E-state index >= 15 is 0 Å². The summed E-state index contributed by atoms with van der Waals surface area (Å²) in [7, 11) is 0. The molecule has 0 aromatic heterocycles. The summed E-state index contributed by atoms with van der Waals surface area (Å²) in [6, 6.07) is 23.2. The molecule has 0 aliphatic carbocycles. The molecule has 0 unspecified atom stereocenters.